The lowest BCUT2D eigenvalue weighted by molar-refractivity contribution is -0.166. The molecule has 1 unspecified atom stereocenters. The molecule has 0 heterocycles. The highest BCUT2D eigenvalue weighted by Gasteiger charge is 2.42. The van der Waals surface area contributed by atoms with Crippen LogP contribution < -0.4 is 0 Å². The second kappa shape index (κ2) is 5.29. The molecule has 0 aromatic heterocycles. The van der Waals surface area contributed by atoms with E-state index < -0.39 is 27.2 Å². The molecule has 0 saturated heterocycles. The summed E-state index contributed by atoms with van der Waals surface area (Å²) in [4.78, 5) is 22.2. The summed E-state index contributed by atoms with van der Waals surface area (Å²) in [6, 6.07) is 0. The van der Waals surface area contributed by atoms with Gasteiger partial charge in [-0.05, 0) is 19.8 Å². The minimum Gasteiger partial charge on any atom is -0.480 e. The third kappa shape index (κ3) is 4.18. The van der Waals surface area contributed by atoms with E-state index in [2.05, 4.69) is 4.74 Å². The summed E-state index contributed by atoms with van der Waals surface area (Å²) in [5, 5.41) is 8.91. The van der Waals surface area contributed by atoms with Gasteiger partial charge in [0.2, 0.25) is 0 Å². The molecule has 16 heavy (non-hydrogen) atoms. The fourth-order valence-electron chi connectivity index (χ4n) is 1.21. The monoisotopic (exact) mass is 252 g/mol. The Balaban J connectivity index is 4.60. The summed E-state index contributed by atoms with van der Waals surface area (Å²) in [6.07, 6.45) is 1.10. The Labute approximate surface area is 94.5 Å². The van der Waals surface area contributed by atoms with E-state index in [9.17, 15) is 18.0 Å². The molecule has 7 heteroatoms. The molecule has 0 bridgehead atoms. The van der Waals surface area contributed by atoms with Gasteiger partial charge in [0.25, 0.3) is 0 Å². The van der Waals surface area contributed by atoms with Gasteiger partial charge in [0, 0.05) is 12.0 Å². The van der Waals surface area contributed by atoms with Crippen LogP contribution in [-0.2, 0) is 24.2 Å². The second-order valence-corrected chi connectivity index (χ2v) is 6.12. The minimum absolute atomic E-state index is 0.0674. The number of methoxy groups -OCH3 is 1. The SMILES string of the molecule is COC(=O)C(C)(CCCS(C)(=O)=O)C(=O)O. The number of aliphatic carboxylic acids is 1. The molecule has 0 spiro atoms. The molecule has 0 radical (unpaired) electrons. The average molecular weight is 252 g/mol. The van der Waals surface area contributed by atoms with Crippen LogP contribution in [0.25, 0.3) is 0 Å². The zero-order valence-electron chi connectivity index (χ0n) is 9.52. The van der Waals surface area contributed by atoms with Crippen molar-refractivity contribution in [2.24, 2.45) is 5.41 Å². The summed E-state index contributed by atoms with van der Waals surface area (Å²) in [7, 11) is -2.05. The first-order valence-corrected chi connectivity index (χ1v) is 6.69. The van der Waals surface area contributed by atoms with Gasteiger partial charge in [0.05, 0.1) is 7.11 Å². The topological polar surface area (TPSA) is 97.7 Å². The molecule has 0 fully saturated rings. The zero-order chi connectivity index (χ0) is 13.0. The first-order valence-electron chi connectivity index (χ1n) is 4.63. The van der Waals surface area contributed by atoms with Crippen LogP contribution in [0.3, 0.4) is 0 Å². The molecule has 94 valence electrons. The number of carbonyl (C=O) groups is 2. The quantitative estimate of drug-likeness (QED) is 0.531. The Morgan fingerprint density at radius 1 is 1.38 bits per heavy atom. The van der Waals surface area contributed by atoms with Crippen LogP contribution in [0.2, 0.25) is 0 Å². The number of ether oxygens (including phenoxy) is 1. The Kier molecular flexibility index (Phi) is 4.92. The van der Waals surface area contributed by atoms with Crippen molar-refractivity contribution < 1.29 is 27.9 Å². The molecule has 0 rings (SSSR count). The van der Waals surface area contributed by atoms with Crippen LogP contribution in [-0.4, -0.2) is 44.6 Å². The lowest BCUT2D eigenvalue weighted by Crippen LogP contribution is -2.37. The van der Waals surface area contributed by atoms with Gasteiger partial charge in [0.15, 0.2) is 5.41 Å². The van der Waals surface area contributed by atoms with Crippen LogP contribution >= 0.6 is 0 Å². The number of esters is 1. The van der Waals surface area contributed by atoms with Gasteiger partial charge in [-0.2, -0.15) is 0 Å². The highest BCUT2D eigenvalue weighted by atomic mass is 32.2. The molecular formula is C9H16O6S. The Bertz CT molecular complexity index is 371. The van der Waals surface area contributed by atoms with E-state index >= 15 is 0 Å². The van der Waals surface area contributed by atoms with Gasteiger partial charge < -0.3 is 9.84 Å². The van der Waals surface area contributed by atoms with Crippen LogP contribution in [0.15, 0.2) is 0 Å². The molecule has 0 aliphatic rings. The van der Waals surface area contributed by atoms with Crippen molar-refractivity contribution in [1.82, 2.24) is 0 Å². The molecular weight excluding hydrogens is 236 g/mol. The third-order valence-electron chi connectivity index (χ3n) is 2.30. The van der Waals surface area contributed by atoms with Crippen molar-refractivity contribution in [1.29, 1.82) is 0 Å². The van der Waals surface area contributed by atoms with Gasteiger partial charge in [-0.15, -0.1) is 0 Å². The van der Waals surface area contributed by atoms with Crippen molar-refractivity contribution >= 4 is 21.8 Å². The number of carbonyl (C=O) groups excluding carboxylic acids is 1. The van der Waals surface area contributed by atoms with E-state index in [1.807, 2.05) is 0 Å². The maximum atomic E-state index is 11.3. The van der Waals surface area contributed by atoms with Crippen molar-refractivity contribution in [3.63, 3.8) is 0 Å². The van der Waals surface area contributed by atoms with Crippen molar-refractivity contribution in [2.75, 3.05) is 19.1 Å². The standard InChI is InChI=1S/C9H16O6S/c1-9(7(10)11,8(12)15-2)5-4-6-16(3,13)14/h4-6H2,1-3H3,(H,10,11). The fourth-order valence-corrected chi connectivity index (χ4v) is 1.88. The highest BCUT2D eigenvalue weighted by Crippen LogP contribution is 2.25. The van der Waals surface area contributed by atoms with Crippen LogP contribution in [0.5, 0.6) is 0 Å². The largest absolute Gasteiger partial charge is 0.480 e. The fraction of sp³-hybridized carbons (Fsp3) is 0.778. The van der Waals surface area contributed by atoms with Crippen molar-refractivity contribution in [3.05, 3.63) is 0 Å². The second-order valence-electron chi connectivity index (χ2n) is 3.86. The summed E-state index contributed by atoms with van der Waals surface area (Å²) >= 11 is 0. The van der Waals surface area contributed by atoms with Gasteiger partial charge in [0.1, 0.15) is 9.84 Å². The van der Waals surface area contributed by atoms with Gasteiger partial charge >= 0.3 is 11.9 Å². The molecule has 0 aliphatic heterocycles. The Morgan fingerprint density at radius 2 is 1.88 bits per heavy atom. The number of carboxylic acid groups (broad SMARTS) is 1. The normalized spacial score (nSPS) is 15.2. The van der Waals surface area contributed by atoms with E-state index in [1.165, 1.54) is 6.92 Å². The summed E-state index contributed by atoms with van der Waals surface area (Å²) in [5.41, 5.74) is -1.68. The zero-order valence-corrected chi connectivity index (χ0v) is 10.3. The molecule has 1 atom stereocenters. The lowest BCUT2D eigenvalue weighted by atomic mass is 9.86. The van der Waals surface area contributed by atoms with Gasteiger partial charge in [-0.25, -0.2) is 8.42 Å². The van der Waals surface area contributed by atoms with E-state index in [4.69, 9.17) is 5.11 Å². The van der Waals surface area contributed by atoms with Gasteiger partial charge in [-0.3, -0.25) is 9.59 Å². The number of hydrogen-bond donors (Lipinski definition) is 1. The van der Waals surface area contributed by atoms with Crippen LogP contribution in [0, 0.1) is 5.41 Å². The average Bonchev–Trinajstić information content (AvgIpc) is 2.13. The smallest absolute Gasteiger partial charge is 0.322 e. The molecule has 0 aliphatic carbocycles. The first kappa shape index (κ1) is 14.9. The first-order chi connectivity index (χ1) is 7.13. The van der Waals surface area contributed by atoms with Crippen LogP contribution in [0.4, 0.5) is 0 Å². The van der Waals surface area contributed by atoms with E-state index in [0.717, 1.165) is 13.4 Å². The lowest BCUT2D eigenvalue weighted by Gasteiger charge is -2.21. The third-order valence-corrected chi connectivity index (χ3v) is 3.33. The predicted molar refractivity (Wildman–Crippen MR) is 56.7 cm³/mol. The summed E-state index contributed by atoms with van der Waals surface area (Å²) < 4.78 is 26.1. The maximum Gasteiger partial charge on any atom is 0.322 e. The summed E-state index contributed by atoms with van der Waals surface area (Å²) in [5.74, 6) is -2.33. The van der Waals surface area contributed by atoms with E-state index in [-0.39, 0.29) is 18.6 Å². The number of hydrogen-bond acceptors (Lipinski definition) is 5. The van der Waals surface area contributed by atoms with E-state index in [1.54, 1.807) is 0 Å². The van der Waals surface area contributed by atoms with Gasteiger partial charge in [-0.1, -0.05) is 0 Å². The molecule has 0 aromatic carbocycles. The van der Waals surface area contributed by atoms with E-state index in [0.29, 0.717) is 0 Å². The molecule has 0 saturated carbocycles. The molecule has 6 nitrogen and oxygen atoms in total. The highest BCUT2D eigenvalue weighted by molar-refractivity contribution is 7.90. The predicted octanol–water partition coefficient (Wildman–Crippen LogP) is 0.0751. The molecule has 0 amide bonds. The number of sulfone groups is 1. The Morgan fingerprint density at radius 3 is 2.19 bits per heavy atom. The van der Waals surface area contributed by atoms with Crippen molar-refractivity contribution in [3.8, 4) is 0 Å². The molecule has 0 aromatic rings. The summed E-state index contributed by atoms with van der Waals surface area (Å²) in [6.45, 7) is 1.23. The molecule has 1 N–H and O–H groups in total. The van der Waals surface area contributed by atoms with Crippen LogP contribution in [0.1, 0.15) is 19.8 Å². The minimum atomic E-state index is -3.15. The maximum absolute atomic E-state index is 11.3. The number of carboxylic acids is 1. The van der Waals surface area contributed by atoms with Crippen molar-refractivity contribution in [2.45, 2.75) is 19.8 Å². The number of rotatable bonds is 6. The Hall–Kier alpha value is -1.11.